The minimum Gasteiger partial charge on any atom is -0.467 e. The molecule has 1 aliphatic heterocycles. The van der Waals surface area contributed by atoms with E-state index in [1.807, 2.05) is 30.3 Å². The Hall–Kier alpha value is -3.78. The van der Waals surface area contributed by atoms with Gasteiger partial charge in [0.25, 0.3) is 0 Å². The van der Waals surface area contributed by atoms with E-state index in [0.717, 1.165) is 41.9 Å². The van der Waals surface area contributed by atoms with Crippen LogP contribution in [0.2, 0.25) is 5.02 Å². The lowest BCUT2D eigenvalue weighted by Crippen LogP contribution is -2.28. The second kappa shape index (κ2) is 9.38. The molecule has 5 rings (SSSR count). The monoisotopic (exact) mass is 462 g/mol. The van der Waals surface area contributed by atoms with E-state index >= 15 is 0 Å². The fraction of sp³-hybridized carbons (Fsp3) is 0.208. The first kappa shape index (κ1) is 21.1. The van der Waals surface area contributed by atoms with Gasteiger partial charge in [-0.1, -0.05) is 23.8 Å². The Balaban J connectivity index is 1.40. The molecular weight excluding hydrogens is 440 g/mol. The first-order chi connectivity index (χ1) is 16.1. The normalized spacial score (nSPS) is 16.8. The van der Waals surface area contributed by atoms with Crippen LogP contribution in [-0.4, -0.2) is 16.0 Å². The highest BCUT2D eigenvalue weighted by Crippen LogP contribution is 2.31. The molecule has 168 valence electrons. The number of aryl methyl sites for hydroxylation is 1. The number of carbonyl (C=O) groups is 1. The molecule has 0 fully saturated rings. The highest BCUT2D eigenvalue weighted by molar-refractivity contribution is 6.32. The van der Waals surface area contributed by atoms with Crippen LogP contribution in [0, 0.1) is 5.92 Å². The molecular formula is C24H23ClN6O2. The fourth-order valence-electron chi connectivity index (χ4n) is 3.92. The number of halogens is 1. The van der Waals surface area contributed by atoms with Gasteiger partial charge in [0.1, 0.15) is 10.8 Å². The molecule has 2 aromatic heterocycles. The van der Waals surface area contributed by atoms with Gasteiger partial charge in [-0.3, -0.25) is 0 Å². The largest absolute Gasteiger partial charge is 0.467 e. The summed E-state index contributed by atoms with van der Waals surface area (Å²) in [5.74, 6) is 2.06. The second-order valence-electron chi connectivity index (χ2n) is 7.98. The van der Waals surface area contributed by atoms with Gasteiger partial charge in [-0.15, -0.1) is 0 Å². The number of nitrogens with zero attached hydrogens (tertiary/aromatic N) is 2. The van der Waals surface area contributed by atoms with Gasteiger partial charge >= 0.3 is 6.03 Å². The Morgan fingerprint density at radius 3 is 3.09 bits per heavy atom. The number of benzene rings is 1. The van der Waals surface area contributed by atoms with Crippen molar-refractivity contribution < 1.29 is 9.21 Å². The quantitative estimate of drug-likeness (QED) is 0.403. The third kappa shape index (κ3) is 5.18. The van der Waals surface area contributed by atoms with E-state index in [1.54, 1.807) is 18.5 Å². The molecule has 1 aliphatic carbocycles. The Morgan fingerprint density at radius 2 is 2.21 bits per heavy atom. The van der Waals surface area contributed by atoms with Crippen LogP contribution in [-0.2, 0) is 13.0 Å². The first-order valence-electron chi connectivity index (χ1n) is 10.8. The number of urea groups is 1. The molecule has 0 radical (unpaired) electrons. The Bertz CT molecular complexity index is 1220. The first-order valence-corrected chi connectivity index (χ1v) is 11.1. The van der Waals surface area contributed by atoms with Gasteiger partial charge in [0.05, 0.1) is 19.0 Å². The second-order valence-corrected chi connectivity index (χ2v) is 8.39. The number of furan rings is 1. The van der Waals surface area contributed by atoms with Gasteiger partial charge < -0.3 is 25.7 Å². The zero-order valence-corrected chi connectivity index (χ0v) is 18.5. The highest BCUT2D eigenvalue weighted by Gasteiger charge is 2.17. The van der Waals surface area contributed by atoms with Crippen LogP contribution in [0.3, 0.4) is 0 Å². The van der Waals surface area contributed by atoms with Gasteiger partial charge in [0, 0.05) is 17.1 Å². The summed E-state index contributed by atoms with van der Waals surface area (Å²) in [5.41, 5.74) is 3.67. The Kier molecular flexibility index (Phi) is 5.99. The fourth-order valence-corrected chi connectivity index (χ4v) is 4.06. The van der Waals surface area contributed by atoms with Gasteiger partial charge in [-0.2, -0.15) is 4.98 Å². The third-order valence-electron chi connectivity index (χ3n) is 5.58. The molecule has 2 amide bonds. The lowest BCUT2D eigenvalue weighted by atomic mass is 9.91. The maximum atomic E-state index is 12.5. The standard InChI is InChI=1S/C24H23ClN6O2/c25-20-14-26-23-29-17-4-1-3-15(11-17)6-7-16-12-18(28-22(20)31-23)8-9-21(16)30-24(32)27-13-19-5-2-10-33-19/h1-5,8-10,12,14-15H,6-7,11,13H2,(H2,27,30,32)(H2,26,28,29,31). The third-order valence-corrected chi connectivity index (χ3v) is 5.86. The van der Waals surface area contributed by atoms with Crippen molar-refractivity contribution in [3.8, 4) is 0 Å². The number of nitrogens with one attached hydrogen (secondary N) is 4. The van der Waals surface area contributed by atoms with Crippen molar-refractivity contribution in [2.75, 3.05) is 16.0 Å². The summed E-state index contributed by atoms with van der Waals surface area (Å²) < 4.78 is 5.27. The summed E-state index contributed by atoms with van der Waals surface area (Å²) in [7, 11) is 0. The van der Waals surface area contributed by atoms with Crippen LogP contribution in [0.1, 0.15) is 24.2 Å². The number of hydrogen-bond acceptors (Lipinski definition) is 6. The van der Waals surface area contributed by atoms with E-state index in [4.69, 9.17) is 16.0 Å². The summed E-state index contributed by atoms with van der Waals surface area (Å²) in [5, 5.41) is 12.8. The molecule has 3 heterocycles. The van der Waals surface area contributed by atoms with Crippen LogP contribution in [0.5, 0.6) is 0 Å². The minimum absolute atomic E-state index is 0.290. The number of aromatic nitrogens is 2. The molecule has 0 spiro atoms. The highest BCUT2D eigenvalue weighted by atomic mass is 35.5. The molecule has 2 aliphatic rings. The summed E-state index contributed by atoms with van der Waals surface area (Å²) in [6.45, 7) is 0.317. The number of anilines is 4. The van der Waals surface area contributed by atoms with Crippen LogP contribution in [0.4, 0.5) is 27.9 Å². The lowest BCUT2D eigenvalue weighted by Gasteiger charge is -2.20. The zero-order chi connectivity index (χ0) is 22.6. The van der Waals surface area contributed by atoms with Crippen molar-refractivity contribution in [3.63, 3.8) is 0 Å². The van der Waals surface area contributed by atoms with Crippen molar-refractivity contribution in [1.29, 1.82) is 0 Å². The van der Waals surface area contributed by atoms with Crippen molar-refractivity contribution in [2.45, 2.75) is 25.8 Å². The van der Waals surface area contributed by atoms with E-state index in [1.165, 1.54) is 0 Å². The van der Waals surface area contributed by atoms with Crippen LogP contribution in [0.25, 0.3) is 0 Å². The van der Waals surface area contributed by atoms with Gasteiger partial charge in [0.15, 0.2) is 5.82 Å². The average Bonchev–Trinajstić information content (AvgIpc) is 3.33. The summed E-state index contributed by atoms with van der Waals surface area (Å²) in [4.78, 5) is 21.3. The van der Waals surface area contributed by atoms with Crippen molar-refractivity contribution in [1.82, 2.24) is 15.3 Å². The summed E-state index contributed by atoms with van der Waals surface area (Å²) in [6, 6.07) is 9.12. The van der Waals surface area contributed by atoms with E-state index < -0.39 is 0 Å². The number of carbonyl (C=O) groups excluding carboxylic acids is 1. The molecule has 9 heteroatoms. The molecule has 6 bridgehead atoms. The number of allylic oxidation sites excluding steroid dienone is 4. The molecule has 8 nitrogen and oxygen atoms in total. The number of amides is 2. The molecule has 1 unspecified atom stereocenters. The van der Waals surface area contributed by atoms with Gasteiger partial charge in [-0.05, 0) is 67.2 Å². The molecule has 1 aromatic carbocycles. The maximum absolute atomic E-state index is 12.5. The molecule has 0 saturated carbocycles. The molecule has 1 atom stereocenters. The molecule has 0 saturated heterocycles. The molecule has 33 heavy (non-hydrogen) atoms. The van der Waals surface area contributed by atoms with Gasteiger partial charge in [-0.25, -0.2) is 9.78 Å². The van der Waals surface area contributed by atoms with E-state index in [-0.39, 0.29) is 6.03 Å². The predicted octanol–water partition coefficient (Wildman–Crippen LogP) is 5.61. The summed E-state index contributed by atoms with van der Waals surface area (Å²) in [6.07, 6.45) is 12.1. The minimum atomic E-state index is -0.290. The number of fused-ring (bicyclic) bond motifs is 6. The molecule has 3 aromatic rings. The Labute approximate surface area is 196 Å². The maximum Gasteiger partial charge on any atom is 0.319 e. The average molecular weight is 463 g/mol. The van der Waals surface area contributed by atoms with Crippen molar-refractivity contribution >= 4 is 40.8 Å². The van der Waals surface area contributed by atoms with E-state index in [0.29, 0.717) is 35.0 Å². The predicted molar refractivity (Wildman–Crippen MR) is 129 cm³/mol. The number of rotatable bonds is 3. The topological polar surface area (TPSA) is 104 Å². The smallest absolute Gasteiger partial charge is 0.319 e. The van der Waals surface area contributed by atoms with Crippen molar-refractivity contribution in [2.24, 2.45) is 5.92 Å². The van der Waals surface area contributed by atoms with Crippen molar-refractivity contribution in [3.05, 3.63) is 83.1 Å². The number of hydrogen-bond donors (Lipinski definition) is 4. The lowest BCUT2D eigenvalue weighted by molar-refractivity contribution is 0.251. The van der Waals surface area contributed by atoms with Crippen LogP contribution >= 0.6 is 11.6 Å². The SMILES string of the molecule is O=C(NCc1ccco1)Nc1ccc2cc1CCC1C=CC=C(C1)Nc1ncc(Cl)c(n1)N2. The summed E-state index contributed by atoms with van der Waals surface area (Å²) >= 11 is 6.33. The van der Waals surface area contributed by atoms with Crippen LogP contribution in [0.15, 0.2) is 71.1 Å². The zero-order valence-electron chi connectivity index (χ0n) is 17.8. The molecule has 4 N–H and O–H groups in total. The van der Waals surface area contributed by atoms with E-state index in [2.05, 4.69) is 43.4 Å². The van der Waals surface area contributed by atoms with Gasteiger partial charge in [0.2, 0.25) is 5.95 Å². The Morgan fingerprint density at radius 1 is 1.27 bits per heavy atom. The van der Waals surface area contributed by atoms with Crippen LogP contribution < -0.4 is 21.3 Å². The van der Waals surface area contributed by atoms with E-state index in [9.17, 15) is 4.79 Å².